The van der Waals surface area contributed by atoms with Gasteiger partial charge in [0, 0.05) is 6.54 Å². The topological polar surface area (TPSA) is 99.7 Å². The van der Waals surface area contributed by atoms with Crippen molar-refractivity contribution in [2.24, 2.45) is 10.9 Å². The zero-order valence-electron chi connectivity index (χ0n) is 9.62. The third kappa shape index (κ3) is 2.77. The first kappa shape index (κ1) is 12.6. The Balaban J connectivity index is 2.74. The maximum absolute atomic E-state index is 11.5. The van der Waals surface area contributed by atoms with Crippen LogP contribution in [0.3, 0.4) is 0 Å². The maximum atomic E-state index is 11.5. The van der Waals surface area contributed by atoms with Crippen LogP contribution in [0.4, 0.5) is 4.79 Å². The summed E-state index contributed by atoms with van der Waals surface area (Å²) in [4.78, 5) is 11.5. The van der Waals surface area contributed by atoms with Crippen molar-refractivity contribution in [3.05, 3.63) is 0 Å². The van der Waals surface area contributed by atoms with Gasteiger partial charge in [-0.1, -0.05) is 24.4 Å². The predicted octanol–water partition coefficient (Wildman–Crippen LogP) is 0.755. The molecule has 0 aromatic heterocycles. The van der Waals surface area contributed by atoms with E-state index in [9.17, 15) is 4.79 Å². The molecule has 6 nitrogen and oxygen atoms in total. The first-order valence-electron chi connectivity index (χ1n) is 5.68. The minimum atomic E-state index is -0.674. The molecule has 0 aromatic rings. The number of amides is 2. The van der Waals surface area contributed by atoms with E-state index in [1.54, 1.807) is 0 Å². The average molecular weight is 228 g/mol. The van der Waals surface area contributed by atoms with E-state index in [2.05, 4.69) is 15.8 Å². The SMILES string of the molecule is CCNC(=O)NC1(/C(N)=N/O)CCCCC1. The van der Waals surface area contributed by atoms with Crippen molar-refractivity contribution < 1.29 is 10.0 Å². The summed E-state index contributed by atoms with van der Waals surface area (Å²) in [6, 6.07) is -0.268. The van der Waals surface area contributed by atoms with Gasteiger partial charge in [0.2, 0.25) is 0 Å². The summed E-state index contributed by atoms with van der Waals surface area (Å²) in [5.41, 5.74) is 5.01. The maximum Gasteiger partial charge on any atom is 0.315 e. The summed E-state index contributed by atoms with van der Waals surface area (Å²) in [7, 11) is 0. The Morgan fingerprint density at radius 3 is 2.56 bits per heavy atom. The molecule has 0 aliphatic heterocycles. The van der Waals surface area contributed by atoms with Crippen molar-refractivity contribution >= 4 is 11.9 Å². The lowest BCUT2D eigenvalue weighted by Crippen LogP contribution is -2.60. The van der Waals surface area contributed by atoms with E-state index in [4.69, 9.17) is 10.9 Å². The Hall–Kier alpha value is -1.46. The van der Waals surface area contributed by atoms with Gasteiger partial charge < -0.3 is 21.6 Å². The van der Waals surface area contributed by atoms with Crippen molar-refractivity contribution in [1.82, 2.24) is 10.6 Å². The highest BCUT2D eigenvalue weighted by Crippen LogP contribution is 2.28. The second kappa shape index (κ2) is 5.58. The van der Waals surface area contributed by atoms with Gasteiger partial charge in [0.15, 0.2) is 5.84 Å². The number of hydrogen-bond acceptors (Lipinski definition) is 3. The van der Waals surface area contributed by atoms with Gasteiger partial charge in [-0.15, -0.1) is 0 Å². The van der Waals surface area contributed by atoms with Crippen LogP contribution in [0.2, 0.25) is 0 Å². The molecule has 0 heterocycles. The number of nitrogens with two attached hydrogens (primary N) is 1. The lowest BCUT2D eigenvalue weighted by atomic mass is 9.81. The smallest absolute Gasteiger partial charge is 0.315 e. The molecular formula is C10H20N4O2. The number of amidine groups is 1. The van der Waals surface area contributed by atoms with E-state index in [1.165, 1.54) is 0 Å². The molecule has 0 spiro atoms. The molecule has 16 heavy (non-hydrogen) atoms. The standard InChI is InChI=1S/C10H20N4O2/c1-2-12-9(15)13-10(8(11)14-16)6-4-3-5-7-10/h16H,2-7H2,1H3,(H2,11,14)(H2,12,13,15). The molecule has 1 rings (SSSR count). The minimum Gasteiger partial charge on any atom is -0.409 e. The van der Waals surface area contributed by atoms with Crippen LogP contribution < -0.4 is 16.4 Å². The number of nitrogens with zero attached hydrogens (tertiary/aromatic N) is 1. The Kier molecular flexibility index (Phi) is 4.39. The van der Waals surface area contributed by atoms with Crippen LogP contribution in [-0.2, 0) is 0 Å². The van der Waals surface area contributed by atoms with Gasteiger partial charge in [-0.05, 0) is 19.8 Å². The van der Waals surface area contributed by atoms with Gasteiger partial charge in [0.05, 0.1) is 0 Å². The lowest BCUT2D eigenvalue weighted by Gasteiger charge is -2.36. The number of hydrogen-bond donors (Lipinski definition) is 4. The van der Waals surface area contributed by atoms with Gasteiger partial charge in [0.25, 0.3) is 0 Å². The van der Waals surface area contributed by atoms with E-state index in [0.717, 1.165) is 32.1 Å². The number of carbonyl (C=O) groups excluding carboxylic acids is 1. The molecule has 0 radical (unpaired) electrons. The summed E-state index contributed by atoms with van der Waals surface area (Å²) in [6.45, 7) is 2.40. The van der Waals surface area contributed by atoms with Crippen molar-refractivity contribution in [3.63, 3.8) is 0 Å². The molecule has 92 valence electrons. The molecule has 1 aliphatic rings. The monoisotopic (exact) mass is 228 g/mol. The van der Waals surface area contributed by atoms with Crippen molar-refractivity contribution in [2.45, 2.75) is 44.6 Å². The van der Waals surface area contributed by atoms with Crippen LogP contribution >= 0.6 is 0 Å². The fourth-order valence-electron chi connectivity index (χ4n) is 2.12. The van der Waals surface area contributed by atoms with Crippen LogP contribution in [-0.4, -0.2) is 29.2 Å². The number of rotatable bonds is 3. The molecule has 5 N–H and O–H groups in total. The zero-order valence-corrected chi connectivity index (χ0v) is 9.62. The summed E-state index contributed by atoms with van der Waals surface area (Å²) in [5.74, 6) is 0.0958. The lowest BCUT2D eigenvalue weighted by molar-refractivity contribution is 0.222. The Morgan fingerprint density at radius 1 is 1.44 bits per heavy atom. The van der Waals surface area contributed by atoms with E-state index in [-0.39, 0.29) is 11.9 Å². The van der Waals surface area contributed by atoms with Gasteiger partial charge >= 0.3 is 6.03 Å². The minimum absolute atomic E-state index is 0.0958. The van der Waals surface area contributed by atoms with Crippen LogP contribution in [0.1, 0.15) is 39.0 Å². The van der Waals surface area contributed by atoms with E-state index in [1.807, 2.05) is 6.92 Å². The molecule has 0 unspecified atom stereocenters. The molecule has 1 aliphatic carbocycles. The van der Waals surface area contributed by atoms with Gasteiger partial charge in [-0.2, -0.15) is 0 Å². The van der Waals surface area contributed by atoms with Gasteiger partial charge in [-0.25, -0.2) is 4.79 Å². The van der Waals surface area contributed by atoms with E-state index >= 15 is 0 Å². The van der Waals surface area contributed by atoms with E-state index < -0.39 is 5.54 Å². The summed E-state index contributed by atoms with van der Waals surface area (Å²) in [5, 5.41) is 17.3. The Labute approximate surface area is 95.3 Å². The third-order valence-electron chi connectivity index (χ3n) is 3.00. The number of carbonyl (C=O) groups is 1. The number of urea groups is 1. The van der Waals surface area contributed by atoms with Crippen LogP contribution in [0.15, 0.2) is 5.16 Å². The molecule has 1 saturated carbocycles. The van der Waals surface area contributed by atoms with Crippen molar-refractivity contribution in [1.29, 1.82) is 0 Å². The summed E-state index contributed by atoms with van der Waals surface area (Å²) in [6.07, 6.45) is 4.52. The normalized spacial score (nSPS) is 20.2. The summed E-state index contributed by atoms with van der Waals surface area (Å²) >= 11 is 0. The summed E-state index contributed by atoms with van der Waals surface area (Å²) < 4.78 is 0. The fraction of sp³-hybridized carbons (Fsp3) is 0.800. The van der Waals surface area contributed by atoms with Gasteiger partial charge in [-0.3, -0.25) is 0 Å². The molecule has 6 heteroatoms. The number of nitrogens with one attached hydrogen (secondary N) is 2. The van der Waals surface area contributed by atoms with Crippen molar-refractivity contribution in [2.75, 3.05) is 6.54 Å². The van der Waals surface area contributed by atoms with E-state index in [0.29, 0.717) is 6.54 Å². The highest BCUT2D eigenvalue weighted by Gasteiger charge is 2.37. The van der Waals surface area contributed by atoms with Crippen LogP contribution in [0.5, 0.6) is 0 Å². The molecule has 0 atom stereocenters. The predicted molar refractivity (Wildman–Crippen MR) is 61.4 cm³/mol. The zero-order chi connectivity index (χ0) is 12.0. The molecule has 0 aromatic carbocycles. The quantitative estimate of drug-likeness (QED) is 0.248. The first-order valence-corrected chi connectivity index (χ1v) is 5.68. The molecule has 0 bridgehead atoms. The largest absolute Gasteiger partial charge is 0.409 e. The highest BCUT2D eigenvalue weighted by molar-refractivity contribution is 5.93. The van der Waals surface area contributed by atoms with Crippen LogP contribution in [0.25, 0.3) is 0 Å². The molecule has 0 saturated heterocycles. The van der Waals surface area contributed by atoms with Gasteiger partial charge in [0.1, 0.15) is 5.54 Å². The number of oxime groups is 1. The van der Waals surface area contributed by atoms with Crippen LogP contribution in [0, 0.1) is 0 Å². The molecule has 2 amide bonds. The third-order valence-corrected chi connectivity index (χ3v) is 3.00. The Bertz CT molecular complexity index is 272. The Morgan fingerprint density at radius 2 is 2.06 bits per heavy atom. The second-order valence-electron chi connectivity index (χ2n) is 4.11. The molecule has 1 fully saturated rings. The average Bonchev–Trinajstić information content (AvgIpc) is 2.29. The highest BCUT2D eigenvalue weighted by atomic mass is 16.4. The second-order valence-corrected chi connectivity index (χ2v) is 4.11. The molecular weight excluding hydrogens is 208 g/mol. The fourth-order valence-corrected chi connectivity index (χ4v) is 2.12. The van der Waals surface area contributed by atoms with Crippen molar-refractivity contribution in [3.8, 4) is 0 Å². The first-order chi connectivity index (χ1) is 7.64.